The fourth-order valence-electron chi connectivity index (χ4n) is 4.18. The van der Waals surface area contributed by atoms with Gasteiger partial charge in [-0.2, -0.15) is 18.3 Å². The molecule has 0 saturated carbocycles. The van der Waals surface area contributed by atoms with Crippen molar-refractivity contribution in [3.05, 3.63) is 53.7 Å². The molecule has 1 aliphatic rings. The zero-order valence-electron chi connectivity index (χ0n) is 19.1. The zero-order chi connectivity index (χ0) is 24.7. The number of nitrogens with two attached hydrogens (primary N) is 1. The van der Waals surface area contributed by atoms with Gasteiger partial charge in [0, 0.05) is 29.6 Å². The lowest BCUT2D eigenvalue weighted by atomic mass is 10.0. The fourth-order valence-corrected chi connectivity index (χ4v) is 4.18. The first-order valence-electron chi connectivity index (χ1n) is 11.1. The summed E-state index contributed by atoms with van der Waals surface area (Å²) in [6.07, 6.45) is -2.23. The Labute approximate surface area is 198 Å². The molecule has 11 heteroatoms. The third kappa shape index (κ3) is 4.51. The van der Waals surface area contributed by atoms with Crippen molar-refractivity contribution >= 4 is 28.1 Å². The van der Waals surface area contributed by atoms with Gasteiger partial charge in [0.15, 0.2) is 17.1 Å². The predicted octanol–water partition coefficient (Wildman–Crippen LogP) is 4.83. The van der Waals surface area contributed by atoms with Crippen molar-refractivity contribution < 1.29 is 27.4 Å². The number of nitrogen functional groups attached to an aromatic ring is 1. The van der Waals surface area contributed by atoms with Crippen LogP contribution in [-0.4, -0.2) is 41.0 Å². The molecule has 0 amide bonds. The van der Waals surface area contributed by atoms with E-state index >= 15 is 0 Å². The number of hydrogen-bond acceptors (Lipinski definition) is 7. The SMILES string of the molecule is COc1cc2c(cc1O[C@H]1CCOC1)c(NC(C)c1cc(N)cc(C(F)(F)F)c1)nc1ccnn12. The van der Waals surface area contributed by atoms with E-state index in [-0.39, 0.29) is 11.8 Å². The van der Waals surface area contributed by atoms with Crippen LogP contribution in [0.25, 0.3) is 16.6 Å². The Balaban J connectivity index is 1.59. The Morgan fingerprint density at radius 2 is 2.03 bits per heavy atom. The van der Waals surface area contributed by atoms with E-state index in [0.717, 1.165) is 18.6 Å². The van der Waals surface area contributed by atoms with Crippen LogP contribution in [0, 0.1) is 0 Å². The van der Waals surface area contributed by atoms with Crippen LogP contribution >= 0.6 is 0 Å². The van der Waals surface area contributed by atoms with Gasteiger partial charge in [-0.3, -0.25) is 0 Å². The monoisotopic (exact) mass is 487 g/mol. The van der Waals surface area contributed by atoms with Crippen molar-refractivity contribution in [2.24, 2.45) is 0 Å². The van der Waals surface area contributed by atoms with Crippen LogP contribution in [0.5, 0.6) is 11.5 Å². The number of nitrogens with zero attached hydrogens (tertiary/aromatic N) is 3. The van der Waals surface area contributed by atoms with Crippen LogP contribution in [0.2, 0.25) is 0 Å². The summed E-state index contributed by atoms with van der Waals surface area (Å²) in [5.41, 5.74) is 6.65. The smallest absolute Gasteiger partial charge is 0.416 e. The molecule has 1 saturated heterocycles. The van der Waals surface area contributed by atoms with Crippen molar-refractivity contribution in [3.8, 4) is 11.5 Å². The van der Waals surface area contributed by atoms with E-state index in [1.54, 1.807) is 42.9 Å². The van der Waals surface area contributed by atoms with Gasteiger partial charge in [-0.1, -0.05) is 0 Å². The second kappa shape index (κ2) is 8.81. The molecule has 3 N–H and O–H groups in total. The minimum Gasteiger partial charge on any atom is -0.493 e. The van der Waals surface area contributed by atoms with Gasteiger partial charge in [-0.05, 0) is 36.8 Å². The standard InChI is InChI=1S/C24H24F3N5O3/c1-13(14-7-15(24(25,26)27)9-16(28)8-14)30-23-18-10-21(35-17-4-6-34-12-17)20(33-2)11-19(18)32-22(31-23)3-5-29-32/h3,5,7-11,13,17H,4,6,12,28H2,1-2H3,(H,30,31)/t13?,17-/m0/s1. The van der Waals surface area contributed by atoms with E-state index in [4.69, 9.17) is 19.9 Å². The number of nitrogens with one attached hydrogen (secondary N) is 1. The van der Waals surface area contributed by atoms with Gasteiger partial charge in [0.1, 0.15) is 11.9 Å². The normalized spacial score (nSPS) is 17.1. The maximum absolute atomic E-state index is 13.3. The summed E-state index contributed by atoms with van der Waals surface area (Å²) < 4.78 is 58.8. The van der Waals surface area contributed by atoms with Gasteiger partial charge in [0.25, 0.3) is 0 Å². The first kappa shape index (κ1) is 23.0. The van der Waals surface area contributed by atoms with E-state index in [0.29, 0.717) is 52.6 Å². The number of fused-ring (bicyclic) bond motifs is 3. The highest BCUT2D eigenvalue weighted by atomic mass is 19.4. The van der Waals surface area contributed by atoms with E-state index in [1.165, 1.54) is 6.07 Å². The second-order valence-electron chi connectivity index (χ2n) is 8.44. The molecule has 5 rings (SSSR count). The van der Waals surface area contributed by atoms with Crippen molar-refractivity contribution in [2.75, 3.05) is 31.4 Å². The Morgan fingerprint density at radius 1 is 1.20 bits per heavy atom. The number of halogens is 3. The van der Waals surface area contributed by atoms with Gasteiger partial charge in [-0.15, -0.1) is 0 Å². The van der Waals surface area contributed by atoms with E-state index in [2.05, 4.69) is 15.4 Å². The number of aromatic nitrogens is 3. The highest BCUT2D eigenvalue weighted by Gasteiger charge is 2.31. The third-order valence-corrected chi connectivity index (χ3v) is 5.95. The van der Waals surface area contributed by atoms with Gasteiger partial charge >= 0.3 is 6.18 Å². The summed E-state index contributed by atoms with van der Waals surface area (Å²) in [7, 11) is 1.56. The van der Waals surface area contributed by atoms with E-state index < -0.39 is 17.8 Å². The van der Waals surface area contributed by atoms with Crippen molar-refractivity contribution in [1.82, 2.24) is 14.6 Å². The van der Waals surface area contributed by atoms with Gasteiger partial charge in [0.2, 0.25) is 0 Å². The molecule has 0 bridgehead atoms. The van der Waals surface area contributed by atoms with Crippen LogP contribution in [0.15, 0.2) is 42.6 Å². The number of methoxy groups -OCH3 is 1. The molecule has 8 nitrogen and oxygen atoms in total. The molecule has 1 aliphatic heterocycles. The topological polar surface area (TPSA) is 95.9 Å². The lowest BCUT2D eigenvalue weighted by Crippen LogP contribution is -2.16. The molecule has 184 valence electrons. The number of rotatable bonds is 6. The summed E-state index contributed by atoms with van der Waals surface area (Å²) in [5, 5.41) is 8.27. The zero-order valence-corrected chi connectivity index (χ0v) is 19.1. The molecule has 2 aromatic carbocycles. The number of hydrogen-bond donors (Lipinski definition) is 2. The van der Waals surface area contributed by atoms with Crippen molar-refractivity contribution in [2.45, 2.75) is 31.7 Å². The van der Waals surface area contributed by atoms with Gasteiger partial charge in [-0.25, -0.2) is 9.50 Å². The molecule has 4 aromatic rings. The number of anilines is 2. The minimum atomic E-state index is -4.50. The highest BCUT2D eigenvalue weighted by molar-refractivity contribution is 5.94. The Bertz CT molecular complexity index is 1380. The summed E-state index contributed by atoms with van der Waals surface area (Å²) in [4.78, 5) is 4.67. The number of ether oxygens (including phenoxy) is 3. The molecule has 0 radical (unpaired) electrons. The van der Waals surface area contributed by atoms with Crippen LogP contribution in [0.4, 0.5) is 24.7 Å². The fraction of sp³-hybridized carbons (Fsp3) is 0.333. The van der Waals surface area contributed by atoms with E-state index in [1.807, 2.05) is 0 Å². The molecule has 3 heterocycles. The molecule has 0 aliphatic carbocycles. The average molecular weight is 487 g/mol. The third-order valence-electron chi connectivity index (χ3n) is 5.95. The molecular formula is C24H24F3N5O3. The Morgan fingerprint density at radius 3 is 2.74 bits per heavy atom. The summed E-state index contributed by atoms with van der Waals surface area (Å²) in [6, 6.07) is 8.34. The molecular weight excluding hydrogens is 463 g/mol. The molecule has 1 fully saturated rings. The lowest BCUT2D eigenvalue weighted by Gasteiger charge is -2.20. The maximum atomic E-state index is 13.3. The van der Waals surface area contributed by atoms with Crippen LogP contribution in [0.1, 0.15) is 30.5 Å². The Kier molecular flexibility index (Phi) is 5.79. The summed E-state index contributed by atoms with van der Waals surface area (Å²) >= 11 is 0. The number of benzene rings is 2. The average Bonchev–Trinajstić information content (AvgIpc) is 3.50. The first-order chi connectivity index (χ1) is 16.7. The molecule has 35 heavy (non-hydrogen) atoms. The second-order valence-corrected chi connectivity index (χ2v) is 8.44. The molecule has 1 unspecified atom stereocenters. The quantitative estimate of drug-likeness (QED) is 0.376. The summed E-state index contributed by atoms with van der Waals surface area (Å²) in [5.74, 6) is 1.51. The van der Waals surface area contributed by atoms with Gasteiger partial charge < -0.3 is 25.3 Å². The highest BCUT2D eigenvalue weighted by Crippen LogP contribution is 2.38. The largest absolute Gasteiger partial charge is 0.493 e. The van der Waals surface area contributed by atoms with E-state index in [9.17, 15) is 13.2 Å². The maximum Gasteiger partial charge on any atom is 0.416 e. The van der Waals surface area contributed by atoms with Crippen LogP contribution in [-0.2, 0) is 10.9 Å². The number of alkyl halides is 3. The first-order valence-corrected chi connectivity index (χ1v) is 11.1. The minimum absolute atomic E-state index is 0.0340. The molecule has 0 spiro atoms. The molecule has 2 aromatic heterocycles. The van der Waals surface area contributed by atoms with Crippen LogP contribution in [0.3, 0.4) is 0 Å². The molecule has 2 atom stereocenters. The van der Waals surface area contributed by atoms with Crippen molar-refractivity contribution in [3.63, 3.8) is 0 Å². The summed E-state index contributed by atoms with van der Waals surface area (Å²) in [6.45, 7) is 2.86. The van der Waals surface area contributed by atoms with Crippen LogP contribution < -0.4 is 20.5 Å². The van der Waals surface area contributed by atoms with Crippen molar-refractivity contribution in [1.29, 1.82) is 0 Å². The lowest BCUT2D eigenvalue weighted by molar-refractivity contribution is -0.137. The predicted molar refractivity (Wildman–Crippen MR) is 125 cm³/mol. The van der Waals surface area contributed by atoms with Gasteiger partial charge in [0.05, 0.1) is 43.6 Å². The Hall–Kier alpha value is -3.73.